The Bertz CT molecular complexity index is 568. The number of cyclic esters (lactones) is 1. The van der Waals surface area contributed by atoms with Gasteiger partial charge in [0.05, 0.1) is 5.56 Å². The summed E-state index contributed by atoms with van der Waals surface area (Å²) in [6.45, 7) is 4.44. The fourth-order valence-electron chi connectivity index (χ4n) is 3.04. The molecule has 0 radical (unpaired) electrons. The smallest absolute Gasteiger partial charge is 0.417 e. The molecule has 126 valence electrons. The second-order valence-corrected chi connectivity index (χ2v) is 5.92. The zero-order chi connectivity index (χ0) is 16.6. The highest BCUT2D eigenvalue weighted by molar-refractivity contribution is 5.78. The van der Waals surface area contributed by atoms with Gasteiger partial charge in [-0.25, -0.2) is 4.98 Å². The summed E-state index contributed by atoms with van der Waals surface area (Å²) >= 11 is 0. The molecule has 2 fully saturated rings. The quantitative estimate of drug-likeness (QED) is 0.776. The van der Waals surface area contributed by atoms with E-state index in [2.05, 4.69) is 9.88 Å². The Morgan fingerprint density at radius 3 is 2.39 bits per heavy atom. The molecule has 0 amide bonds. The molecular weight excluding hydrogens is 311 g/mol. The molecule has 0 bridgehead atoms. The molecule has 0 spiro atoms. The average molecular weight is 329 g/mol. The number of pyridine rings is 1. The van der Waals surface area contributed by atoms with Crippen LogP contribution in [0.4, 0.5) is 19.0 Å². The number of carbonyl (C=O) groups excluding carboxylic acids is 1. The van der Waals surface area contributed by atoms with Crippen LogP contribution in [-0.2, 0) is 15.7 Å². The molecule has 0 saturated carbocycles. The van der Waals surface area contributed by atoms with Crippen molar-refractivity contribution in [2.24, 2.45) is 0 Å². The minimum absolute atomic E-state index is 0.0536. The third kappa shape index (κ3) is 3.41. The van der Waals surface area contributed by atoms with Crippen LogP contribution in [0, 0.1) is 0 Å². The van der Waals surface area contributed by atoms with Gasteiger partial charge in [0.15, 0.2) is 0 Å². The predicted molar refractivity (Wildman–Crippen MR) is 77.0 cm³/mol. The molecule has 1 aromatic rings. The summed E-state index contributed by atoms with van der Waals surface area (Å²) in [6.07, 6.45) is -2.87. The Morgan fingerprint density at radius 2 is 1.91 bits per heavy atom. The maximum atomic E-state index is 12.6. The number of esters is 1. The third-order valence-electron chi connectivity index (χ3n) is 4.30. The van der Waals surface area contributed by atoms with Crippen molar-refractivity contribution in [3.05, 3.63) is 23.9 Å². The molecule has 8 heteroatoms. The fraction of sp³-hybridized carbons (Fsp3) is 0.600. The topological polar surface area (TPSA) is 45.7 Å². The Hall–Kier alpha value is -1.83. The van der Waals surface area contributed by atoms with E-state index in [1.165, 1.54) is 6.07 Å². The van der Waals surface area contributed by atoms with Crippen LogP contribution in [0.1, 0.15) is 18.9 Å². The molecule has 0 aliphatic carbocycles. The van der Waals surface area contributed by atoms with Crippen LogP contribution in [0.15, 0.2) is 18.3 Å². The molecule has 0 N–H and O–H groups in total. The Balaban J connectivity index is 1.60. The first-order valence-corrected chi connectivity index (χ1v) is 7.57. The van der Waals surface area contributed by atoms with Gasteiger partial charge in [0, 0.05) is 38.8 Å². The van der Waals surface area contributed by atoms with E-state index in [9.17, 15) is 18.0 Å². The normalized spacial score (nSPS) is 26.4. The van der Waals surface area contributed by atoms with Crippen LogP contribution in [0.2, 0.25) is 0 Å². The van der Waals surface area contributed by atoms with E-state index in [1.54, 1.807) is 0 Å². The number of piperazine rings is 1. The number of anilines is 1. The highest BCUT2D eigenvalue weighted by atomic mass is 19.4. The number of aromatic nitrogens is 1. The number of alkyl halides is 3. The summed E-state index contributed by atoms with van der Waals surface area (Å²) in [6, 6.07) is 2.24. The Morgan fingerprint density at radius 1 is 1.22 bits per heavy atom. The Labute approximate surface area is 132 Å². The number of hydrogen-bond acceptors (Lipinski definition) is 5. The number of carbonyl (C=O) groups is 1. The van der Waals surface area contributed by atoms with Crippen LogP contribution in [0.5, 0.6) is 0 Å². The first kappa shape index (κ1) is 16.0. The largest absolute Gasteiger partial charge is 0.461 e. The lowest BCUT2D eigenvalue weighted by Gasteiger charge is -2.37. The number of nitrogens with zero attached hydrogens (tertiary/aromatic N) is 3. The maximum Gasteiger partial charge on any atom is 0.417 e. The highest BCUT2D eigenvalue weighted by Crippen LogP contribution is 2.29. The van der Waals surface area contributed by atoms with Crippen molar-refractivity contribution in [3.8, 4) is 0 Å². The number of halogens is 3. The molecule has 23 heavy (non-hydrogen) atoms. The van der Waals surface area contributed by atoms with Crippen molar-refractivity contribution >= 4 is 11.8 Å². The van der Waals surface area contributed by atoms with Gasteiger partial charge in [0.2, 0.25) is 0 Å². The van der Waals surface area contributed by atoms with Crippen LogP contribution in [0.25, 0.3) is 0 Å². The van der Waals surface area contributed by atoms with Crippen LogP contribution < -0.4 is 4.90 Å². The van der Waals surface area contributed by atoms with Gasteiger partial charge in [-0.15, -0.1) is 0 Å². The van der Waals surface area contributed by atoms with Gasteiger partial charge in [-0.3, -0.25) is 9.69 Å². The SMILES string of the molecule is CC1CC(N2CCN(c3ccc(C(F)(F)F)cn3)CC2)C(=O)O1. The van der Waals surface area contributed by atoms with Gasteiger partial charge in [0.25, 0.3) is 0 Å². The predicted octanol–water partition coefficient (Wildman–Crippen LogP) is 1.93. The third-order valence-corrected chi connectivity index (χ3v) is 4.30. The molecule has 2 aliphatic rings. The first-order valence-electron chi connectivity index (χ1n) is 7.57. The number of hydrogen-bond donors (Lipinski definition) is 0. The molecule has 5 nitrogen and oxygen atoms in total. The van der Waals surface area contributed by atoms with Gasteiger partial charge in [-0.05, 0) is 19.1 Å². The molecule has 2 unspecified atom stereocenters. The summed E-state index contributed by atoms with van der Waals surface area (Å²) in [5.74, 6) is 0.346. The van der Waals surface area contributed by atoms with Crippen LogP contribution in [-0.4, -0.2) is 54.2 Å². The van der Waals surface area contributed by atoms with Gasteiger partial charge >= 0.3 is 12.1 Å². The summed E-state index contributed by atoms with van der Waals surface area (Å²) in [7, 11) is 0. The number of ether oxygens (including phenoxy) is 1. The van der Waals surface area contributed by atoms with Crippen molar-refractivity contribution in [1.29, 1.82) is 0 Å². The minimum Gasteiger partial charge on any atom is -0.461 e. The van der Waals surface area contributed by atoms with E-state index in [0.29, 0.717) is 38.4 Å². The first-order chi connectivity index (χ1) is 10.8. The second kappa shape index (κ2) is 5.99. The van der Waals surface area contributed by atoms with E-state index in [4.69, 9.17) is 4.74 Å². The van der Waals surface area contributed by atoms with Gasteiger partial charge < -0.3 is 9.64 Å². The minimum atomic E-state index is -4.37. The summed E-state index contributed by atoms with van der Waals surface area (Å²) < 4.78 is 42.8. The van der Waals surface area contributed by atoms with Crippen molar-refractivity contribution in [1.82, 2.24) is 9.88 Å². The second-order valence-electron chi connectivity index (χ2n) is 5.92. The summed E-state index contributed by atoms with van der Waals surface area (Å²) in [5.41, 5.74) is -0.748. The average Bonchev–Trinajstić information content (AvgIpc) is 2.85. The summed E-state index contributed by atoms with van der Waals surface area (Å²) in [5, 5.41) is 0. The van der Waals surface area contributed by atoms with E-state index in [0.717, 1.165) is 12.3 Å². The lowest BCUT2D eigenvalue weighted by atomic mass is 10.1. The maximum absolute atomic E-state index is 12.6. The van der Waals surface area contributed by atoms with Crippen LogP contribution >= 0.6 is 0 Å². The lowest BCUT2D eigenvalue weighted by Crippen LogP contribution is -2.51. The monoisotopic (exact) mass is 329 g/mol. The molecule has 1 aromatic heterocycles. The highest BCUT2D eigenvalue weighted by Gasteiger charge is 2.37. The molecule has 0 aromatic carbocycles. The van der Waals surface area contributed by atoms with E-state index < -0.39 is 11.7 Å². The summed E-state index contributed by atoms with van der Waals surface area (Å²) in [4.78, 5) is 19.7. The zero-order valence-corrected chi connectivity index (χ0v) is 12.7. The van der Waals surface area contributed by atoms with E-state index in [1.807, 2.05) is 11.8 Å². The van der Waals surface area contributed by atoms with Crippen molar-refractivity contribution < 1.29 is 22.7 Å². The fourth-order valence-corrected chi connectivity index (χ4v) is 3.04. The lowest BCUT2D eigenvalue weighted by molar-refractivity contribution is -0.144. The van der Waals surface area contributed by atoms with Crippen molar-refractivity contribution in [2.75, 3.05) is 31.1 Å². The molecule has 3 heterocycles. The van der Waals surface area contributed by atoms with E-state index >= 15 is 0 Å². The molecule has 3 rings (SSSR count). The molecule has 2 aliphatic heterocycles. The van der Waals surface area contributed by atoms with Crippen molar-refractivity contribution in [2.45, 2.75) is 31.7 Å². The van der Waals surface area contributed by atoms with Gasteiger partial charge in [0.1, 0.15) is 18.0 Å². The number of rotatable bonds is 2. The zero-order valence-electron chi connectivity index (χ0n) is 12.7. The van der Waals surface area contributed by atoms with Crippen LogP contribution in [0.3, 0.4) is 0 Å². The standard InChI is InChI=1S/C15H18F3N3O2/c1-10-8-12(14(22)23-10)20-4-6-21(7-5-20)13-3-2-11(9-19-13)15(16,17)18/h2-3,9-10,12H,4-8H2,1H3. The van der Waals surface area contributed by atoms with Gasteiger partial charge in [-0.2, -0.15) is 13.2 Å². The molecule has 2 atom stereocenters. The van der Waals surface area contributed by atoms with Crippen molar-refractivity contribution in [3.63, 3.8) is 0 Å². The van der Waals surface area contributed by atoms with E-state index in [-0.39, 0.29) is 18.1 Å². The Kier molecular flexibility index (Phi) is 4.18. The molecule has 2 saturated heterocycles. The van der Waals surface area contributed by atoms with Gasteiger partial charge in [-0.1, -0.05) is 0 Å². The molecular formula is C15H18F3N3O2.